The molecule has 19 heavy (non-hydrogen) atoms. The molecule has 0 bridgehead atoms. The standard InChI is InChI=1S/C12H22N2O5/c1-3-4-13-9-6-19-5-8(9)11(16)14-10(7(2)15)12(17)18/h7-10,13,15H,3-6H2,1-2H3,(H,14,16)(H,17,18). The van der Waals surface area contributed by atoms with Crippen molar-refractivity contribution < 1.29 is 24.5 Å². The Morgan fingerprint density at radius 3 is 2.63 bits per heavy atom. The number of aliphatic hydroxyl groups is 1. The molecule has 4 N–H and O–H groups in total. The third-order valence-corrected chi connectivity index (χ3v) is 3.12. The van der Waals surface area contributed by atoms with Crippen molar-refractivity contribution >= 4 is 11.9 Å². The second-order valence-electron chi connectivity index (χ2n) is 4.77. The first-order valence-corrected chi connectivity index (χ1v) is 6.49. The van der Waals surface area contributed by atoms with Crippen molar-refractivity contribution in [2.45, 2.75) is 38.5 Å². The maximum absolute atomic E-state index is 12.0. The number of aliphatic hydroxyl groups excluding tert-OH is 1. The van der Waals surface area contributed by atoms with Gasteiger partial charge in [0.25, 0.3) is 0 Å². The molecule has 1 amide bonds. The molecule has 1 heterocycles. The van der Waals surface area contributed by atoms with E-state index in [1.54, 1.807) is 0 Å². The topological polar surface area (TPSA) is 108 Å². The first kappa shape index (κ1) is 15.9. The van der Waals surface area contributed by atoms with E-state index in [0.29, 0.717) is 6.61 Å². The Hall–Kier alpha value is -1.18. The Morgan fingerprint density at radius 1 is 1.42 bits per heavy atom. The van der Waals surface area contributed by atoms with Crippen LogP contribution in [-0.4, -0.2) is 60.0 Å². The highest BCUT2D eigenvalue weighted by Crippen LogP contribution is 2.14. The van der Waals surface area contributed by atoms with Crippen LogP contribution in [0.1, 0.15) is 20.3 Å². The fourth-order valence-corrected chi connectivity index (χ4v) is 1.99. The van der Waals surface area contributed by atoms with Crippen LogP contribution in [0.3, 0.4) is 0 Å². The predicted octanol–water partition coefficient (Wildman–Crippen LogP) is -1.05. The number of carbonyl (C=O) groups is 2. The van der Waals surface area contributed by atoms with Gasteiger partial charge in [-0.15, -0.1) is 0 Å². The smallest absolute Gasteiger partial charge is 0.328 e. The molecule has 1 saturated heterocycles. The highest BCUT2D eigenvalue weighted by Gasteiger charge is 2.36. The summed E-state index contributed by atoms with van der Waals surface area (Å²) in [5, 5.41) is 23.8. The summed E-state index contributed by atoms with van der Waals surface area (Å²) >= 11 is 0. The van der Waals surface area contributed by atoms with Crippen molar-refractivity contribution in [1.82, 2.24) is 10.6 Å². The molecule has 0 aromatic rings. The molecule has 0 aliphatic carbocycles. The zero-order valence-corrected chi connectivity index (χ0v) is 11.3. The molecule has 0 spiro atoms. The normalized spacial score (nSPS) is 25.8. The van der Waals surface area contributed by atoms with Crippen LogP contribution >= 0.6 is 0 Å². The predicted molar refractivity (Wildman–Crippen MR) is 67.6 cm³/mol. The SMILES string of the molecule is CCCNC1COCC1C(=O)NC(C(=O)O)C(C)O. The molecule has 0 saturated carbocycles. The van der Waals surface area contributed by atoms with Crippen LogP contribution < -0.4 is 10.6 Å². The lowest BCUT2D eigenvalue weighted by Crippen LogP contribution is -2.52. The van der Waals surface area contributed by atoms with Gasteiger partial charge in [-0.3, -0.25) is 4.79 Å². The Morgan fingerprint density at radius 2 is 2.11 bits per heavy atom. The molecule has 1 fully saturated rings. The zero-order valence-electron chi connectivity index (χ0n) is 11.3. The highest BCUT2D eigenvalue weighted by atomic mass is 16.5. The van der Waals surface area contributed by atoms with E-state index in [0.717, 1.165) is 13.0 Å². The van der Waals surface area contributed by atoms with Gasteiger partial charge in [-0.2, -0.15) is 0 Å². The Labute approximate surface area is 112 Å². The Bertz CT molecular complexity index is 321. The number of carbonyl (C=O) groups excluding carboxylic acids is 1. The second kappa shape index (κ2) is 7.42. The quantitative estimate of drug-likeness (QED) is 0.472. The van der Waals surface area contributed by atoms with Gasteiger partial charge in [0.15, 0.2) is 6.04 Å². The van der Waals surface area contributed by atoms with E-state index >= 15 is 0 Å². The fourth-order valence-electron chi connectivity index (χ4n) is 1.99. The van der Waals surface area contributed by atoms with Crippen LogP contribution in [0, 0.1) is 5.92 Å². The van der Waals surface area contributed by atoms with Gasteiger partial charge in [0.2, 0.25) is 5.91 Å². The van der Waals surface area contributed by atoms with Gasteiger partial charge in [0.05, 0.1) is 25.2 Å². The van der Waals surface area contributed by atoms with E-state index in [4.69, 9.17) is 9.84 Å². The number of nitrogens with one attached hydrogen (secondary N) is 2. The van der Waals surface area contributed by atoms with Crippen molar-refractivity contribution in [3.8, 4) is 0 Å². The molecule has 7 nitrogen and oxygen atoms in total. The lowest BCUT2D eigenvalue weighted by molar-refractivity contribution is -0.145. The van der Waals surface area contributed by atoms with Crippen LogP contribution in [-0.2, 0) is 14.3 Å². The molecule has 110 valence electrons. The Kier molecular flexibility index (Phi) is 6.20. The third-order valence-electron chi connectivity index (χ3n) is 3.12. The monoisotopic (exact) mass is 274 g/mol. The summed E-state index contributed by atoms with van der Waals surface area (Å²) in [5.74, 6) is -2.08. The molecule has 7 heteroatoms. The van der Waals surface area contributed by atoms with E-state index in [1.807, 2.05) is 6.92 Å². The summed E-state index contributed by atoms with van der Waals surface area (Å²) in [6, 6.07) is -1.40. The van der Waals surface area contributed by atoms with Crippen molar-refractivity contribution in [2.24, 2.45) is 5.92 Å². The van der Waals surface area contributed by atoms with E-state index in [9.17, 15) is 14.7 Å². The first-order valence-electron chi connectivity index (χ1n) is 6.49. The van der Waals surface area contributed by atoms with E-state index < -0.39 is 29.9 Å². The Balaban J connectivity index is 2.58. The molecule has 4 atom stereocenters. The minimum absolute atomic E-state index is 0.108. The van der Waals surface area contributed by atoms with Crippen molar-refractivity contribution in [3.05, 3.63) is 0 Å². The van der Waals surface area contributed by atoms with Crippen molar-refractivity contribution in [2.75, 3.05) is 19.8 Å². The molecule has 1 aliphatic heterocycles. The van der Waals surface area contributed by atoms with Crippen LogP contribution in [0.25, 0.3) is 0 Å². The number of aliphatic carboxylic acids is 1. The number of amides is 1. The molecular weight excluding hydrogens is 252 g/mol. The number of hydrogen-bond acceptors (Lipinski definition) is 5. The van der Waals surface area contributed by atoms with E-state index in [1.165, 1.54) is 6.92 Å². The third kappa shape index (κ3) is 4.45. The maximum Gasteiger partial charge on any atom is 0.328 e. The number of carboxylic acids is 1. The first-order chi connectivity index (χ1) is 8.97. The van der Waals surface area contributed by atoms with Crippen LogP contribution in [0.2, 0.25) is 0 Å². The average Bonchev–Trinajstić information content (AvgIpc) is 2.80. The fraction of sp³-hybridized carbons (Fsp3) is 0.833. The summed E-state index contributed by atoms with van der Waals surface area (Å²) in [7, 11) is 0. The van der Waals surface area contributed by atoms with Crippen molar-refractivity contribution in [3.63, 3.8) is 0 Å². The number of carboxylic acid groups (broad SMARTS) is 1. The molecular formula is C12H22N2O5. The minimum Gasteiger partial charge on any atom is -0.480 e. The van der Waals surface area contributed by atoms with Gasteiger partial charge < -0.3 is 25.6 Å². The summed E-state index contributed by atoms with van der Waals surface area (Å²) < 4.78 is 5.26. The zero-order chi connectivity index (χ0) is 14.4. The average molecular weight is 274 g/mol. The van der Waals surface area contributed by atoms with Gasteiger partial charge in [-0.05, 0) is 19.9 Å². The highest BCUT2D eigenvalue weighted by molar-refractivity contribution is 5.86. The summed E-state index contributed by atoms with van der Waals surface area (Å²) in [6.45, 7) is 4.82. The number of rotatable bonds is 7. The van der Waals surface area contributed by atoms with Crippen LogP contribution in [0.4, 0.5) is 0 Å². The minimum atomic E-state index is -1.29. The lowest BCUT2D eigenvalue weighted by atomic mass is 10.0. The molecule has 1 rings (SSSR count). The molecule has 0 aromatic heterocycles. The van der Waals surface area contributed by atoms with Crippen molar-refractivity contribution in [1.29, 1.82) is 0 Å². The molecule has 4 unspecified atom stereocenters. The van der Waals surface area contributed by atoms with E-state index in [-0.39, 0.29) is 12.6 Å². The summed E-state index contributed by atoms with van der Waals surface area (Å²) in [5.41, 5.74) is 0. The maximum atomic E-state index is 12.0. The lowest BCUT2D eigenvalue weighted by Gasteiger charge is -2.22. The van der Waals surface area contributed by atoms with Gasteiger partial charge in [0, 0.05) is 6.04 Å². The summed E-state index contributed by atoms with van der Waals surface area (Å²) in [6.07, 6.45) is -0.207. The van der Waals surface area contributed by atoms with E-state index in [2.05, 4.69) is 10.6 Å². The largest absolute Gasteiger partial charge is 0.480 e. The molecule has 0 radical (unpaired) electrons. The van der Waals surface area contributed by atoms with Crippen LogP contribution in [0.15, 0.2) is 0 Å². The van der Waals surface area contributed by atoms with Gasteiger partial charge >= 0.3 is 5.97 Å². The molecule has 0 aromatic carbocycles. The van der Waals surface area contributed by atoms with Crippen LogP contribution in [0.5, 0.6) is 0 Å². The summed E-state index contributed by atoms with van der Waals surface area (Å²) in [4.78, 5) is 23.0. The molecule has 1 aliphatic rings. The van der Waals surface area contributed by atoms with Gasteiger partial charge in [0.1, 0.15) is 0 Å². The van der Waals surface area contributed by atoms with Gasteiger partial charge in [-0.1, -0.05) is 6.92 Å². The second-order valence-corrected chi connectivity index (χ2v) is 4.77. The van der Waals surface area contributed by atoms with Gasteiger partial charge in [-0.25, -0.2) is 4.79 Å². The number of hydrogen-bond donors (Lipinski definition) is 4. The number of ether oxygens (including phenoxy) is 1.